The van der Waals surface area contributed by atoms with E-state index in [1.165, 1.54) is 25.2 Å². The van der Waals surface area contributed by atoms with Crippen LogP contribution in [0.2, 0.25) is 0 Å². The number of carbonyl (C=O) groups is 1. The minimum Gasteiger partial charge on any atom is -0.495 e. The molecule has 39 heavy (non-hydrogen) atoms. The van der Waals surface area contributed by atoms with Crippen LogP contribution in [0.5, 0.6) is 5.75 Å². The number of carbonyl (C=O) groups excluding carboxylic acids is 1. The van der Waals surface area contributed by atoms with E-state index in [1.807, 2.05) is 13.8 Å². The summed E-state index contributed by atoms with van der Waals surface area (Å²) in [4.78, 5) is 17.2. The van der Waals surface area contributed by atoms with Gasteiger partial charge in [-0.15, -0.1) is 0 Å². The zero-order valence-corrected chi connectivity index (χ0v) is 22.5. The van der Waals surface area contributed by atoms with Crippen molar-refractivity contribution in [2.75, 3.05) is 17.4 Å². The van der Waals surface area contributed by atoms with Gasteiger partial charge in [0.2, 0.25) is 0 Å². The highest BCUT2D eigenvalue weighted by molar-refractivity contribution is 6.05. The SMILES string of the molecule is COc1cncc(/C(N)=C/N(N)c2cc(C(=O)Nc3cc(CNC(C)C)c(C)c(C(F)(F)F)c3)ccc2C)c1. The summed E-state index contributed by atoms with van der Waals surface area (Å²) in [7, 11) is 1.51. The van der Waals surface area contributed by atoms with Gasteiger partial charge in [0.25, 0.3) is 5.91 Å². The Labute approximate surface area is 225 Å². The lowest BCUT2D eigenvalue weighted by atomic mass is 10.00. The number of hydrogen-bond acceptors (Lipinski definition) is 7. The Hall–Kier alpha value is -4.09. The monoisotopic (exact) mass is 542 g/mol. The largest absolute Gasteiger partial charge is 0.495 e. The number of anilines is 2. The van der Waals surface area contributed by atoms with Gasteiger partial charge < -0.3 is 21.1 Å². The van der Waals surface area contributed by atoms with E-state index in [-0.39, 0.29) is 29.4 Å². The highest BCUT2D eigenvalue weighted by Gasteiger charge is 2.34. The molecule has 0 aliphatic heterocycles. The molecule has 1 amide bonds. The van der Waals surface area contributed by atoms with Crippen LogP contribution in [0.3, 0.4) is 0 Å². The number of hydrazine groups is 1. The molecule has 3 rings (SSSR count). The van der Waals surface area contributed by atoms with Crippen molar-refractivity contribution in [1.82, 2.24) is 10.3 Å². The topological polar surface area (TPSA) is 119 Å². The van der Waals surface area contributed by atoms with E-state index in [9.17, 15) is 18.0 Å². The summed E-state index contributed by atoms with van der Waals surface area (Å²) in [5.41, 5.74) is 8.31. The second kappa shape index (κ2) is 12.2. The lowest BCUT2D eigenvalue weighted by Crippen LogP contribution is -2.27. The van der Waals surface area contributed by atoms with Crippen LogP contribution in [-0.4, -0.2) is 24.0 Å². The number of nitrogens with two attached hydrogens (primary N) is 2. The van der Waals surface area contributed by atoms with E-state index in [4.69, 9.17) is 16.3 Å². The van der Waals surface area contributed by atoms with Crippen molar-refractivity contribution in [2.45, 2.75) is 46.5 Å². The maximum atomic E-state index is 13.7. The highest BCUT2D eigenvalue weighted by Crippen LogP contribution is 2.35. The van der Waals surface area contributed by atoms with Crippen molar-refractivity contribution >= 4 is 23.0 Å². The number of methoxy groups -OCH3 is 1. The smallest absolute Gasteiger partial charge is 0.416 e. The molecule has 11 heteroatoms. The van der Waals surface area contributed by atoms with Gasteiger partial charge in [-0.25, -0.2) is 5.84 Å². The molecule has 1 aromatic heterocycles. The van der Waals surface area contributed by atoms with Gasteiger partial charge >= 0.3 is 6.18 Å². The number of nitrogens with one attached hydrogen (secondary N) is 2. The van der Waals surface area contributed by atoms with Crippen molar-refractivity contribution in [1.29, 1.82) is 0 Å². The predicted molar refractivity (Wildman–Crippen MR) is 147 cm³/mol. The van der Waals surface area contributed by atoms with Crippen LogP contribution in [-0.2, 0) is 12.7 Å². The second-order valence-corrected chi connectivity index (χ2v) is 9.40. The summed E-state index contributed by atoms with van der Waals surface area (Å²) in [6.07, 6.45) is 0.00245. The molecule has 6 N–H and O–H groups in total. The molecule has 1 heterocycles. The van der Waals surface area contributed by atoms with Gasteiger partial charge in [0.05, 0.1) is 30.3 Å². The van der Waals surface area contributed by atoms with Crippen LogP contribution in [0, 0.1) is 13.8 Å². The van der Waals surface area contributed by atoms with E-state index < -0.39 is 17.6 Å². The third-order valence-corrected chi connectivity index (χ3v) is 6.09. The lowest BCUT2D eigenvalue weighted by molar-refractivity contribution is -0.138. The molecule has 0 bridgehead atoms. The number of rotatable bonds is 9. The number of nitrogens with zero attached hydrogens (tertiary/aromatic N) is 2. The zero-order valence-electron chi connectivity index (χ0n) is 22.5. The molecular weight excluding hydrogens is 509 g/mol. The summed E-state index contributed by atoms with van der Waals surface area (Å²) in [6, 6.07) is 9.07. The van der Waals surface area contributed by atoms with E-state index >= 15 is 0 Å². The van der Waals surface area contributed by atoms with Crippen molar-refractivity contribution in [3.8, 4) is 5.75 Å². The molecule has 0 fully saturated rings. The average Bonchev–Trinajstić information content (AvgIpc) is 2.88. The number of ether oxygens (including phenoxy) is 1. The third-order valence-electron chi connectivity index (χ3n) is 6.09. The first-order valence-corrected chi connectivity index (χ1v) is 12.2. The Kier molecular flexibility index (Phi) is 9.20. The molecule has 0 radical (unpaired) electrons. The molecule has 0 atom stereocenters. The Balaban J connectivity index is 1.90. The van der Waals surface area contributed by atoms with Gasteiger partial charge in [-0.3, -0.25) is 14.8 Å². The number of benzene rings is 2. The minimum atomic E-state index is -4.57. The summed E-state index contributed by atoms with van der Waals surface area (Å²) < 4.78 is 46.4. The van der Waals surface area contributed by atoms with Crippen LogP contribution in [0.4, 0.5) is 24.5 Å². The van der Waals surface area contributed by atoms with E-state index in [1.54, 1.807) is 49.6 Å². The van der Waals surface area contributed by atoms with Crippen LogP contribution >= 0.6 is 0 Å². The standard InChI is InChI=1S/C28H33F3N6O2/c1-16(2)35-13-20-8-22(11-24(18(20)4)28(29,30)31)36-27(38)19-7-6-17(3)26(10-19)37(33)15-25(32)21-9-23(39-5)14-34-12-21/h6-12,14-16,35H,13,32-33H2,1-5H3,(H,36,38)/b25-15-. The fourth-order valence-electron chi connectivity index (χ4n) is 3.85. The molecule has 0 unspecified atom stereocenters. The van der Waals surface area contributed by atoms with Gasteiger partial charge in [0, 0.05) is 41.8 Å². The van der Waals surface area contributed by atoms with E-state index in [2.05, 4.69) is 15.6 Å². The fourth-order valence-corrected chi connectivity index (χ4v) is 3.85. The number of aromatic nitrogens is 1. The summed E-state index contributed by atoms with van der Waals surface area (Å²) in [5.74, 6) is 6.19. The summed E-state index contributed by atoms with van der Waals surface area (Å²) in [5, 5.41) is 7.00. The second-order valence-electron chi connectivity index (χ2n) is 9.40. The van der Waals surface area contributed by atoms with Crippen LogP contribution in [0.15, 0.2) is 55.0 Å². The van der Waals surface area contributed by atoms with Crippen molar-refractivity contribution in [3.63, 3.8) is 0 Å². The van der Waals surface area contributed by atoms with Crippen molar-refractivity contribution < 1.29 is 22.7 Å². The van der Waals surface area contributed by atoms with Gasteiger partial charge in [-0.2, -0.15) is 13.2 Å². The number of halogens is 3. The molecule has 2 aromatic carbocycles. The first kappa shape index (κ1) is 29.5. The molecule has 0 saturated carbocycles. The molecule has 3 aromatic rings. The minimum absolute atomic E-state index is 0.0416. The van der Waals surface area contributed by atoms with E-state index in [0.29, 0.717) is 28.3 Å². The van der Waals surface area contributed by atoms with Gasteiger partial charge in [0.15, 0.2) is 0 Å². The maximum absolute atomic E-state index is 13.7. The first-order chi connectivity index (χ1) is 18.3. The average molecular weight is 543 g/mol. The van der Waals surface area contributed by atoms with Crippen LogP contribution in [0.25, 0.3) is 5.70 Å². The van der Waals surface area contributed by atoms with Gasteiger partial charge in [0.1, 0.15) is 5.75 Å². The number of alkyl halides is 3. The highest BCUT2D eigenvalue weighted by atomic mass is 19.4. The maximum Gasteiger partial charge on any atom is 0.416 e. The third kappa shape index (κ3) is 7.49. The molecule has 0 spiro atoms. The summed E-state index contributed by atoms with van der Waals surface area (Å²) >= 11 is 0. The number of hydrogen-bond donors (Lipinski definition) is 4. The predicted octanol–water partition coefficient (Wildman–Crippen LogP) is 5.11. The van der Waals surface area contributed by atoms with Gasteiger partial charge in [-0.05, 0) is 60.9 Å². The molecule has 0 aliphatic carbocycles. The molecule has 8 nitrogen and oxygen atoms in total. The van der Waals surface area contributed by atoms with Crippen LogP contribution in [0.1, 0.15) is 52.0 Å². The lowest BCUT2D eigenvalue weighted by Gasteiger charge is -2.20. The Bertz CT molecular complexity index is 1370. The van der Waals surface area contributed by atoms with Crippen molar-refractivity contribution in [3.05, 3.63) is 88.4 Å². The Morgan fingerprint density at radius 2 is 1.85 bits per heavy atom. The number of pyridine rings is 1. The molecular formula is C28H33F3N6O2. The Morgan fingerprint density at radius 3 is 2.49 bits per heavy atom. The molecule has 0 saturated heterocycles. The number of amides is 1. The summed E-state index contributed by atoms with van der Waals surface area (Å²) in [6.45, 7) is 7.26. The first-order valence-electron chi connectivity index (χ1n) is 12.2. The van der Waals surface area contributed by atoms with Gasteiger partial charge in [-0.1, -0.05) is 19.9 Å². The molecule has 0 aliphatic rings. The normalized spacial score (nSPS) is 12.0. The van der Waals surface area contributed by atoms with Crippen LogP contribution < -0.4 is 32.0 Å². The Morgan fingerprint density at radius 1 is 1.13 bits per heavy atom. The van der Waals surface area contributed by atoms with E-state index in [0.717, 1.165) is 11.6 Å². The van der Waals surface area contributed by atoms with Crippen molar-refractivity contribution in [2.24, 2.45) is 11.6 Å². The molecule has 208 valence electrons. The zero-order chi connectivity index (χ0) is 28.9. The quantitative estimate of drug-likeness (QED) is 0.219. The fraction of sp³-hybridized carbons (Fsp3) is 0.286. The number of aryl methyl sites for hydroxylation is 1.